The zero-order valence-electron chi connectivity index (χ0n) is 39.7. The predicted molar refractivity (Wildman–Crippen MR) is 302 cm³/mol. The third-order valence-corrected chi connectivity index (χ3v) is 13.2. The molecular weight excluding hydrogens is 1110 g/mol. The predicted octanol–water partition coefficient (Wildman–Crippen LogP) is 10.7. The van der Waals surface area contributed by atoms with Gasteiger partial charge in [0.15, 0.2) is 21.2 Å². The minimum Gasteiger partial charge on any atom is -0.382 e. The topological polar surface area (TPSA) is 148 Å². The molecule has 380 valence electrons. The van der Waals surface area contributed by atoms with Crippen molar-refractivity contribution in [3.05, 3.63) is 124 Å². The molecule has 70 heavy (non-hydrogen) atoms. The molecule has 0 spiro atoms. The van der Waals surface area contributed by atoms with E-state index < -0.39 is 29.1 Å². The highest BCUT2D eigenvalue weighted by Gasteiger charge is 2.22. The number of carbonyl (C=O) groups excluding carboxylic acids is 2. The van der Waals surface area contributed by atoms with Gasteiger partial charge in [0.25, 0.3) is 0 Å². The van der Waals surface area contributed by atoms with Crippen LogP contribution in [-0.2, 0) is 0 Å². The molecule has 2 fully saturated rings. The van der Waals surface area contributed by atoms with Crippen molar-refractivity contribution in [2.45, 2.75) is 46.7 Å². The number of nitrogen functional groups attached to an aromatic ring is 1. The van der Waals surface area contributed by atoms with Gasteiger partial charge in [0.2, 0.25) is 5.78 Å². The van der Waals surface area contributed by atoms with Crippen LogP contribution in [0, 0.1) is 23.3 Å². The summed E-state index contributed by atoms with van der Waals surface area (Å²) in [6.45, 7) is 19.4. The molecule has 1 unspecified atom stereocenters. The number of amidine groups is 1. The third-order valence-electron chi connectivity index (χ3n) is 10.9. The zero-order chi connectivity index (χ0) is 49.5. The van der Waals surface area contributed by atoms with E-state index in [-0.39, 0.29) is 59.8 Å². The molecule has 2 saturated heterocycles. The van der Waals surface area contributed by atoms with Crippen LogP contribution in [0.5, 0.6) is 0 Å². The van der Waals surface area contributed by atoms with E-state index in [1.54, 1.807) is 0 Å². The lowest BCUT2D eigenvalue weighted by atomic mass is 10.1. The molecule has 0 radical (unpaired) electrons. The van der Waals surface area contributed by atoms with Crippen LogP contribution in [-0.4, -0.2) is 112 Å². The van der Waals surface area contributed by atoms with E-state index in [0.717, 1.165) is 117 Å². The molecule has 6 N–H and O–H groups in total. The largest absolute Gasteiger partial charge is 0.382 e. The summed E-state index contributed by atoms with van der Waals surface area (Å²) < 4.78 is 52.0. The Hall–Kier alpha value is -4.21. The summed E-state index contributed by atoms with van der Waals surface area (Å²) in [6, 6.07) is 22.9. The van der Waals surface area contributed by atoms with Crippen molar-refractivity contribution in [2.24, 2.45) is 10.7 Å². The van der Waals surface area contributed by atoms with E-state index in [0.29, 0.717) is 33.6 Å². The van der Waals surface area contributed by atoms with E-state index >= 15 is 0 Å². The van der Waals surface area contributed by atoms with Gasteiger partial charge in [-0.25, -0.2) is 22.5 Å². The second-order valence-corrected chi connectivity index (χ2v) is 19.4. The van der Waals surface area contributed by atoms with Crippen LogP contribution < -0.4 is 31.9 Å². The number of aliphatic imine (C=N–C) groups is 1. The number of alkyl halides is 1. The molecule has 3 heterocycles. The first-order chi connectivity index (χ1) is 32.4. The number of Topliss-reactive ketones (excluding diaryl/α,β-unsaturated/α-hetero) is 1. The standard InChI is InChI=1S/C23H25F2N5OS.C17H27N5S2.C8H5BrF2O.BrH.H3P/c1-14(2)29-7-9-30(10-8-29)19-5-3-18(4-6-19)27-23-28-22(26)21(32-23)20(31)15-11-16(24)13-17(25)12-15;1-4-24-16(18)20-17(23)19-14-5-7-15(8-6-14)22-11-9-21(10-12-22)13(2)3;9-4-8(12)5-1-6(10)3-7(11)2-5;;/h3-6,11-14H,7-10,26H2,1-2H3,(H,27,28);5-8,13H,4,9-12H2,1-3H3,(H3,18,19,20,23);1-3H,4H2;1H;1H3. The number of nitrogens with zero attached hydrogens (tertiary/aromatic N) is 6. The average molecular weight is 1170 g/mol. The lowest BCUT2D eigenvalue weighted by molar-refractivity contribution is 0.102. The highest BCUT2D eigenvalue weighted by molar-refractivity contribution is 9.09. The number of thiazole rings is 1. The lowest BCUT2D eigenvalue weighted by Gasteiger charge is -2.38. The van der Waals surface area contributed by atoms with Crippen molar-refractivity contribution in [2.75, 3.05) is 89.6 Å². The number of nitrogens with one attached hydrogen (secondary N) is 2. The fraction of sp³-hybridized carbons (Fsp3) is 0.354. The number of benzene rings is 4. The van der Waals surface area contributed by atoms with Crippen molar-refractivity contribution in [1.82, 2.24) is 14.8 Å². The molecule has 4 aromatic carbocycles. The van der Waals surface area contributed by atoms with Crippen molar-refractivity contribution >= 4 is 134 Å². The number of aromatic nitrogens is 1. The summed E-state index contributed by atoms with van der Waals surface area (Å²) in [7, 11) is 0. The van der Waals surface area contributed by atoms with Gasteiger partial charge in [-0.1, -0.05) is 46.0 Å². The number of rotatable bonds is 12. The number of hydrogen-bond acceptors (Lipinski definition) is 12. The van der Waals surface area contributed by atoms with Gasteiger partial charge in [-0.15, -0.1) is 17.0 Å². The minimum absolute atomic E-state index is 0. The summed E-state index contributed by atoms with van der Waals surface area (Å²) in [5.74, 6) is -3.11. The summed E-state index contributed by atoms with van der Waals surface area (Å²) in [5.41, 5.74) is 15.8. The quantitative estimate of drug-likeness (QED) is 0.0179. The first kappa shape index (κ1) is 60.1. The Morgan fingerprint density at radius 3 is 1.60 bits per heavy atom. The van der Waals surface area contributed by atoms with Crippen LogP contribution in [0.25, 0.3) is 0 Å². The van der Waals surface area contributed by atoms with Gasteiger partial charge in [0.1, 0.15) is 34.0 Å². The molecule has 1 atom stereocenters. The molecule has 1 aromatic heterocycles. The molecule has 2 aliphatic rings. The smallest absolute Gasteiger partial charge is 0.207 e. The van der Waals surface area contributed by atoms with E-state index in [4.69, 9.17) is 23.7 Å². The molecule has 22 heteroatoms. The fourth-order valence-electron chi connectivity index (χ4n) is 7.22. The zero-order valence-corrected chi connectivity index (χ0v) is 46.9. The van der Waals surface area contributed by atoms with E-state index in [1.165, 1.54) is 17.4 Å². The van der Waals surface area contributed by atoms with Crippen LogP contribution in [0.15, 0.2) is 89.9 Å². The van der Waals surface area contributed by atoms with Gasteiger partial charge < -0.3 is 31.9 Å². The second kappa shape index (κ2) is 29.3. The van der Waals surface area contributed by atoms with Crippen molar-refractivity contribution < 1.29 is 27.2 Å². The third kappa shape index (κ3) is 18.4. The maximum absolute atomic E-state index is 13.5. The summed E-state index contributed by atoms with van der Waals surface area (Å²) in [4.78, 5) is 41.8. The maximum atomic E-state index is 13.5. The summed E-state index contributed by atoms with van der Waals surface area (Å²) in [6.07, 6.45) is 0. The van der Waals surface area contributed by atoms with Crippen LogP contribution >= 0.6 is 78.1 Å². The highest BCUT2D eigenvalue weighted by Crippen LogP contribution is 2.31. The van der Waals surface area contributed by atoms with Crippen molar-refractivity contribution in [3.8, 4) is 0 Å². The van der Waals surface area contributed by atoms with E-state index in [2.05, 4.69) is 96.0 Å². The Morgan fingerprint density at radius 2 is 1.19 bits per heavy atom. The van der Waals surface area contributed by atoms with Gasteiger partial charge in [0.05, 0.1) is 5.33 Å². The fourth-order valence-corrected chi connectivity index (χ4v) is 9.13. The number of piperazine rings is 2. The number of thioether (sulfide) groups is 1. The van der Waals surface area contributed by atoms with Gasteiger partial charge in [-0.2, -0.15) is 14.9 Å². The lowest BCUT2D eigenvalue weighted by Crippen LogP contribution is -2.48. The Morgan fingerprint density at radius 1 is 0.757 bits per heavy atom. The SMILES string of the molecule is Br.CC(C)N1CCN(c2ccc(Nc3nc(N)c(C(=O)c4cc(F)cc(F)c4)s3)cc2)CC1.CCSC(N)=NC(=S)Nc1ccc(N2CCN(C(C)C)CC2)cc1.O=C(CBr)c1cc(F)cc(F)c1.P. The van der Waals surface area contributed by atoms with Crippen molar-refractivity contribution in [3.63, 3.8) is 0 Å². The van der Waals surface area contributed by atoms with Crippen LogP contribution in [0.1, 0.15) is 60.2 Å². The Balaban J connectivity index is 0.000000301. The average Bonchev–Trinajstić information content (AvgIpc) is 3.67. The summed E-state index contributed by atoms with van der Waals surface area (Å²) in [5, 5.41) is 7.64. The number of nitrogens with two attached hydrogens (primary N) is 2. The molecule has 12 nitrogen and oxygen atoms in total. The minimum atomic E-state index is -0.819. The molecule has 2 aliphatic heterocycles. The second-order valence-electron chi connectivity index (χ2n) is 16.2. The van der Waals surface area contributed by atoms with Crippen LogP contribution in [0.3, 0.4) is 0 Å². The normalized spacial score (nSPS) is 14.1. The van der Waals surface area contributed by atoms with Crippen LogP contribution in [0.2, 0.25) is 0 Å². The number of carbonyl (C=O) groups is 2. The number of thiocarbonyl (C=S) groups is 1. The van der Waals surface area contributed by atoms with E-state index in [1.807, 2.05) is 43.3 Å². The van der Waals surface area contributed by atoms with Crippen LogP contribution in [0.4, 0.5) is 51.3 Å². The molecule has 0 amide bonds. The maximum Gasteiger partial charge on any atom is 0.207 e. The van der Waals surface area contributed by atoms with Crippen molar-refractivity contribution in [1.29, 1.82) is 0 Å². The van der Waals surface area contributed by atoms with Gasteiger partial charge in [-0.3, -0.25) is 19.4 Å². The summed E-state index contributed by atoms with van der Waals surface area (Å²) >= 11 is 10.6. The molecule has 0 bridgehead atoms. The molecule has 0 aliphatic carbocycles. The first-order valence-corrected chi connectivity index (χ1v) is 25.3. The monoisotopic (exact) mass is 1170 g/mol. The Labute approximate surface area is 443 Å². The Kier molecular flexibility index (Phi) is 25.2. The number of halogens is 6. The highest BCUT2D eigenvalue weighted by atomic mass is 79.9. The van der Waals surface area contributed by atoms with E-state index in [9.17, 15) is 27.2 Å². The number of hydrogen-bond donors (Lipinski definition) is 4. The molecule has 0 saturated carbocycles. The van der Waals surface area contributed by atoms with Gasteiger partial charge in [0, 0.05) is 110 Å². The van der Waals surface area contributed by atoms with Gasteiger partial charge >= 0.3 is 0 Å². The molecular formula is C48H61Br2F4N10O2PS3. The molecule has 7 rings (SSSR count). The molecule has 5 aromatic rings. The first-order valence-electron chi connectivity index (χ1n) is 22.0. The number of anilines is 6. The number of ketones is 2. The Bertz CT molecular complexity index is 2470. The van der Waals surface area contributed by atoms with Gasteiger partial charge in [-0.05, 0) is 118 Å².